The van der Waals surface area contributed by atoms with Gasteiger partial charge in [-0.3, -0.25) is 4.57 Å². The summed E-state index contributed by atoms with van der Waals surface area (Å²) < 4.78 is 7.53. The highest BCUT2D eigenvalue weighted by Gasteiger charge is 2.17. The molecule has 28 heavy (non-hydrogen) atoms. The zero-order chi connectivity index (χ0) is 19.3. The number of benzene rings is 2. The van der Waals surface area contributed by atoms with Crippen LogP contribution in [0.5, 0.6) is 0 Å². The highest BCUT2D eigenvalue weighted by Crippen LogP contribution is 2.31. The normalized spacial score (nSPS) is 10.7. The van der Waals surface area contributed by atoms with Crippen molar-refractivity contribution in [3.05, 3.63) is 88.8 Å². The van der Waals surface area contributed by atoms with Gasteiger partial charge < -0.3 is 4.42 Å². The molecule has 2 heterocycles. The summed E-state index contributed by atoms with van der Waals surface area (Å²) in [7, 11) is 0. The average molecular weight is 407 g/mol. The third-order valence-electron chi connectivity index (χ3n) is 4.18. The number of halogens is 1. The monoisotopic (exact) mass is 406 g/mol. The van der Waals surface area contributed by atoms with Crippen LogP contribution in [0.15, 0.2) is 76.5 Å². The van der Waals surface area contributed by atoms with Gasteiger partial charge in [0.25, 0.3) is 0 Å². The van der Waals surface area contributed by atoms with Crippen LogP contribution in [0.3, 0.4) is 0 Å². The van der Waals surface area contributed by atoms with Crippen molar-refractivity contribution in [2.45, 2.75) is 17.5 Å². The molecule has 2 aromatic heterocycles. The first kappa shape index (κ1) is 18.4. The van der Waals surface area contributed by atoms with Gasteiger partial charge in [-0.1, -0.05) is 47.6 Å². The first-order chi connectivity index (χ1) is 13.7. The highest BCUT2D eigenvalue weighted by molar-refractivity contribution is 7.98. The van der Waals surface area contributed by atoms with E-state index in [4.69, 9.17) is 21.3 Å². The summed E-state index contributed by atoms with van der Waals surface area (Å²) in [5, 5.41) is 19.1. The molecule has 0 saturated carbocycles. The lowest BCUT2D eigenvalue weighted by Crippen LogP contribution is -2.03. The summed E-state index contributed by atoms with van der Waals surface area (Å²) in [6, 6.07) is 21.0. The first-order valence-electron chi connectivity index (χ1n) is 8.57. The van der Waals surface area contributed by atoms with E-state index in [1.54, 1.807) is 18.0 Å². The zero-order valence-corrected chi connectivity index (χ0v) is 16.3. The summed E-state index contributed by atoms with van der Waals surface area (Å²) in [5.74, 6) is 2.22. The molecule has 0 amide bonds. The van der Waals surface area contributed by atoms with E-state index in [1.165, 1.54) is 0 Å². The molecule has 0 aliphatic carbocycles. The van der Waals surface area contributed by atoms with Crippen LogP contribution in [0.4, 0.5) is 0 Å². The third-order valence-corrected chi connectivity index (χ3v) is 5.54. The SMILES string of the molecule is N#Cc1ccc(CSc2nnc(-c3ccccc3Cl)n2Cc2ccco2)cc1. The van der Waals surface area contributed by atoms with Crippen LogP contribution in [0, 0.1) is 11.3 Å². The maximum atomic E-state index is 8.93. The molecule has 0 radical (unpaired) electrons. The standard InChI is InChI=1S/C21H15ClN4OS/c22-19-6-2-1-5-18(19)20-24-25-21(26(20)13-17-4-3-11-27-17)28-14-16-9-7-15(12-23)8-10-16/h1-11H,13-14H2. The van der Waals surface area contributed by atoms with Crippen molar-refractivity contribution in [3.8, 4) is 17.5 Å². The molecule has 0 saturated heterocycles. The van der Waals surface area contributed by atoms with Crippen molar-refractivity contribution < 1.29 is 4.42 Å². The molecule has 0 aliphatic rings. The highest BCUT2D eigenvalue weighted by atomic mass is 35.5. The number of nitriles is 1. The summed E-state index contributed by atoms with van der Waals surface area (Å²) >= 11 is 7.96. The lowest BCUT2D eigenvalue weighted by atomic mass is 10.2. The molecule has 4 rings (SSSR count). The van der Waals surface area contributed by atoms with Gasteiger partial charge in [0.05, 0.1) is 29.5 Å². The van der Waals surface area contributed by atoms with Gasteiger partial charge in [-0.25, -0.2) is 0 Å². The predicted octanol–water partition coefficient (Wildman–Crippen LogP) is 5.40. The summed E-state index contributed by atoms with van der Waals surface area (Å²) in [6.07, 6.45) is 1.65. The molecular weight excluding hydrogens is 392 g/mol. The Hall–Kier alpha value is -3.01. The largest absolute Gasteiger partial charge is 0.467 e. The van der Waals surface area contributed by atoms with E-state index in [0.29, 0.717) is 28.7 Å². The molecule has 0 spiro atoms. The van der Waals surface area contributed by atoms with E-state index in [2.05, 4.69) is 16.3 Å². The smallest absolute Gasteiger partial charge is 0.192 e. The maximum Gasteiger partial charge on any atom is 0.192 e. The molecule has 0 N–H and O–H groups in total. The second-order valence-electron chi connectivity index (χ2n) is 6.05. The fourth-order valence-corrected chi connectivity index (χ4v) is 3.88. The Morgan fingerprint density at radius 1 is 1.04 bits per heavy atom. The minimum atomic E-state index is 0.510. The molecule has 0 aliphatic heterocycles. The Balaban J connectivity index is 1.64. The zero-order valence-electron chi connectivity index (χ0n) is 14.7. The second kappa shape index (κ2) is 8.34. The van der Waals surface area contributed by atoms with Crippen molar-refractivity contribution in [3.63, 3.8) is 0 Å². The van der Waals surface area contributed by atoms with Gasteiger partial charge in [0.15, 0.2) is 11.0 Å². The van der Waals surface area contributed by atoms with Gasteiger partial charge in [0.1, 0.15) is 5.76 Å². The number of nitrogens with zero attached hydrogens (tertiary/aromatic N) is 4. The predicted molar refractivity (Wildman–Crippen MR) is 109 cm³/mol. The molecule has 2 aromatic carbocycles. The van der Waals surface area contributed by atoms with E-state index >= 15 is 0 Å². The van der Waals surface area contributed by atoms with E-state index in [9.17, 15) is 0 Å². The third kappa shape index (κ3) is 3.96. The van der Waals surface area contributed by atoms with Gasteiger partial charge >= 0.3 is 0 Å². The van der Waals surface area contributed by atoms with E-state index in [1.807, 2.05) is 65.2 Å². The summed E-state index contributed by atoms with van der Waals surface area (Å²) in [4.78, 5) is 0. The fourth-order valence-electron chi connectivity index (χ4n) is 2.76. The molecule has 138 valence electrons. The quantitative estimate of drug-likeness (QED) is 0.401. The maximum absolute atomic E-state index is 8.93. The van der Waals surface area contributed by atoms with Crippen molar-refractivity contribution in [1.29, 1.82) is 5.26 Å². The Bertz CT molecular complexity index is 1110. The van der Waals surface area contributed by atoms with Crippen LogP contribution in [0.1, 0.15) is 16.9 Å². The van der Waals surface area contributed by atoms with Gasteiger partial charge in [0.2, 0.25) is 0 Å². The van der Waals surface area contributed by atoms with Crippen LogP contribution in [-0.2, 0) is 12.3 Å². The van der Waals surface area contributed by atoms with Crippen LogP contribution >= 0.6 is 23.4 Å². The van der Waals surface area contributed by atoms with Crippen LogP contribution in [-0.4, -0.2) is 14.8 Å². The molecule has 0 bridgehead atoms. The number of rotatable bonds is 6. The van der Waals surface area contributed by atoms with Crippen molar-refractivity contribution in [2.24, 2.45) is 0 Å². The number of hydrogen-bond acceptors (Lipinski definition) is 5. The number of hydrogen-bond donors (Lipinski definition) is 0. The van der Waals surface area contributed by atoms with Crippen molar-refractivity contribution >= 4 is 23.4 Å². The second-order valence-corrected chi connectivity index (χ2v) is 7.40. The van der Waals surface area contributed by atoms with E-state index < -0.39 is 0 Å². The average Bonchev–Trinajstić information content (AvgIpc) is 3.38. The van der Waals surface area contributed by atoms with E-state index in [0.717, 1.165) is 22.0 Å². The number of furan rings is 1. The van der Waals surface area contributed by atoms with E-state index in [-0.39, 0.29) is 0 Å². The lowest BCUT2D eigenvalue weighted by Gasteiger charge is -2.10. The first-order valence-corrected chi connectivity index (χ1v) is 9.93. The Labute approximate surface area is 171 Å². The number of thioether (sulfide) groups is 1. The number of aromatic nitrogens is 3. The fraction of sp³-hybridized carbons (Fsp3) is 0.0952. The van der Waals surface area contributed by atoms with Gasteiger partial charge in [-0.2, -0.15) is 5.26 Å². The van der Waals surface area contributed by atoms with Crippen molar-refractivity contribution in [1.82, 2.24) is 14.8 Å². The molecule has 4 aromatic rings. The summed E-state index contributed by atoms with van der Waals surface area (Å²) in [5.41, 5.74) is 2.58. The minimum Gasteiger partial charge on any atom is -0.467 e. The van der Waals surface area contributed by atoms with Gasteiger partial charge in [-0.15, -0.1) is 10.2 Å². The Kier molecular flexibility index (Phi) is 5.47. The molecule has 7 heteroatoms. The van der Waals surface area contributed by atoms with Crippen molar-refractivity contribution in [2.75, 3.05) is 0 Å². The Morgan fingerprint density at radius 2 is 1.86 bits per heavy atom. The van der Waals surface area contributed by atoms with Gasteiger partial charge in [-0.05, 0) is 42.0 Å². The molecule has 5 nitrogen and oxygen atoms in total. The topological polar surface area (TPSA) is 67.6 Å². The lowest BCUT2D eigenvalue weighted by molar-refractivity contribution is 0.485. The molecule has 0 fully saturated rings. The van der Waals surface area contributed by atoms with Gasteiger partial charge in [0, 0.05) is 11.3 Å². The molecular formula is C21H15ClN4OS. The Morgan fingerprint density at radius 3 is 2.57 bits per heavy atom. The molecule has 0 atom stereocenters. The minimum absolute atomic E-state index is 0.510. The van der Waals surface area contributed by atoms with Crippen LogP contribution in [0.2, 0.25) is 5.02 Å². The van der Waals surface area contributed by atoms with Crippen LogP contribution < -0.4 is 0 Å². The molecule has 0 unspecified atom stereocenters. The van der Waals surface area contributed by atoms with Crippen LogP contribution in [0.25, 0.3) is 11.4 Å². The summed E-state index contributed by atoms with van der Waals surface area (Å²) in [6.45, 7) is 0.510.